The molecule has 0 aliphatic carbocycles. The molecular weight excluding hydrogens is 146 g/mol. The molecule has 0 heterocycles. The van der Waals surface area contributed by atoms with Crippen LogP contribution in [0.3, 0.4) is 0 Å². The molecule has 0 unspecified atom stereocenters. The smallest absolute Gasteiger partial charge is 0.313 e. The lowest BCUT2D eigenvalue weighted by molar-refractivity contribution is -0.145. The van der Waals surface area contributed by atoms with Crippen LogP contribution in [0.15, 0.2) is 0 Å². The molecule has 0 aliphatic heterocycles. The molecule has 0 aromatic rings. The summed E-state index contributed by atoms with van der Waals surface area (Å²) in [5, 5.41) is 2.81. The molecule has 0 aromatic carbocycles. The number of esters is 1. The fraction of sp³-hybridized carbons (Fsp3) is 0.714. The number of Topliss-reactive ketones (excluding diaryl/α,β-unsaturated/α-hetero) is 1. The van der Waals surface area contributed by atoms with Crippen LogP contribution in [-0.2, 0) is 14.3 Å². The Morgan fingerprint density at radius 3 is 2.55 bits per heavy atom. The first-order valence-corrected chi connectivity index (χ1v) is 3.46. The van der Waals surface area contributed by atoms with Crippen molar-refractivity contribution in [3.8, 4) is 0 Å². The van der Waals surface area contributed by atoms with Crippen LogP contribution in [0.2, 0.25) is 0 Å². The zero-order valence-electron chi connectivity index (χ0n) is 6.85. The molecule has 4 nitrogen and oxygen atoms in total. The number of rotatable bonds is 5. The quantitative estimate of drug-likeness (QED) is 0.341. The van der Waals surface area contributed by atoms with Crippen molar-refractivity contribution in [2.75, 3.05) is 20.2 Å². The van der Waals surface area contributed by atoms with Gasteiger partial charge in [0, 0.05) is 6.54 Å². The van der Waals surface area contributed by atoms with E-state index in [4.69, 9.17) is 0 Å². The maximum absolute atomic E-state index is 10.7. The summed E-state index contributed by atoms with van der Waals surface area (Å²) < 4.78 is 4.67. The molecule has 0 atom stereocenters. The minimum Gasteiger partial charge on any atom is -0.464 e. The van der Waals surface area contributed by atoms with E-state index in [1.54, 1.807) is 7.05 Å². The second-order valence-corrected chi connectivity index (χ2v) is 2.20. The van der Waals surface area contributed by atoms with Crippen molar-refractivity contribution in [3.63, 3.8) is 0 Å². The lowest BCUT2D eigenvalue weighted by Gasteiger charge is -2.01. The molecule has 64 valence electrons. The molecule has 0 spiro atoms. The maximum atomic E-state index is 10.7. The SMILES string of the molecule is CNCCOC(=O)CC(C)=O. The Bertz CT molecular complexity index is 145. The molecule has 0 amide bonds. The van der Waals surface area contributed by atoms with E-state index in [1.165, 1.54) is 6.92 Å². The van der Waals surface area contributed by atoms with Crippen LogP contribution in [-0.4, -0.2) is 32.0 Å². The summed E-state index contributed by atoms with van der Waals surface area (Å²) in [6, 6.07) is 0. The Labute approximate surface area is 65.9 Å². The molecule has 0 aliphatic rings. The van der Waals surface area contributed by atoms with Crippen LogP contribution in [0.5, 0.6) is 0 Å². The van der Waals surface area contributed by atoms with Crippen molar-refractivity contribution in [1.29, 1.82) is 0 Å². The van der Waals surface area contributed by atoms with Crippen molar-refractivity contribution in [1.82, 2.24) is 5.32 Å². The molecule has 0 aromatic heterocycles. The van der Waals surface area contributed by atoms with Crippen molar-refractivity contribution in [2.45, 2.75) is 13.3 Å². The molecule has 0 saturated heterocycles. The standard InChI is InChI=1S/C7H13NO3/c1-6(9)5-7(10)11-4-3-8-2/h8H,3-5H2,1-2H3. The summed E-state index contributed by atoms with van der Waals surface area (Å²) in [6.45, 7) is 2.30. The van der Waals surface area contributed by atoms with E-state index in [0.717, 1.165) is 0 Å². The molecule has 0 rings (SSSR count). The van der Waals surface area contributed by atoms with Gasteiger partial charge in [-0.3, -0.25) is 9.59 Å². The van der Waals surface area contributed by atoms with E-state index >= 15 is 0 Å². The number of ketones is 1. The van der Waals surface area contributed by atoms with Gasteiger partial charge >= 0.3 is 5.97 Å². The highest BCUT2D eigenvalue weighted by atomic mass is 16.5. The van der Waals surface area contributed by atoms with Crippen LogP contribution in [0.1, 0.15) is 13.3 Å². The van der Waals surface area contributed by atoms with Gasteiger partial charge < -0.3 is 10.1 Å². The van der Waals surface area contributed by atoms with Gasteiger partial charge in [0.25, 0.3) is 0 Å². The number of carbonyl (C=O) groups is 2. The molecule has 0 fully saturated rings. The lowest BCUT2D eigenvalue weighted by Crippen LogP contribution is -2.18. The molecule has 4 heteroatoms. The zero-order valence-corrected chi connectivity index (χ0v) is 6.85. The first-order chi connectivity index (χ1) is 5.16. The van der Waals surface area contributed by atoms with Gasteiger partial charge in [0.15, 0.2) is 0 Å². The third-order valence-electron chi connectivity index (χ3n) is 1.01. The first kappa shape index (κ1) is 10.1. The van der Waals surface area contributed by atoms with Crippen LogP contribution in [0, 0.1) is 0 Å². The highest BCUT2D eigenvalue weighted by molar-refractivity contribution is 5.94. The van der Waals surface area contributed by atoms with Crippen LogP contribution < -0.4 is 5.32 Å². The molecular formula is C7H13NO3. The van der Waals surface area contributed by atoms with E-state index in [0.29, 0.717) is 13.2 Å². The third-order valence-corrected chi connectivity index (χ3v) is 1.01. The predicted octanol–water partition coefficient (Wildman–Crippen LogP) is -0.272. The normalized spacial score (nSPS) is 9.27. The molecule has 11 heavy (non-hydrogen) atoms. The minimum absolute atomic E-state index is 0.121. The van der Waals surface area contributed by atoms with Crippen molar-refractivity contribution < 1.29 is 14.3 Å². The Morgan fingerprint density at radius 2 is 2.09 bits per heavy atom. The second kappa shape index (κ2) is 5.85. The number of hydrogen-bond acceptors (Lipinski definition) is 4. The average Bonchev–Trinajstić information content (AvgIpc) is 1.86. The van der Waals surface area contributed by atoms with Crippen molar-refractivity contribution in [3.05, 3.63) is 0 Å². The maximum Gasteiger partial charge on any atom is 0.313 e. The Morgan fingerprint density at radius 1 is 1.45 bits per heavy atom. The number of likely N-dealkylation sites (N-methyl/N-ethyl adjacent to an activating group) is 1. The van der Waals surface area contributed by atoms with Crippen LogP contribution in [0.4, 0.5) is 0 Å². The van der Waals surface area contributed by atoms with Gasteiger partial charge in [0.1, 0.15) is 18.8 Å². The first-order valence-electron chi connectivity index (χ1n) is 3.46. The molecule has 1 N–H and O–H groups in total. The Balaban J connectivity index is 3.30. The zero-order chi connectivity index (χ0) is 8.69. The summed E-state index contributed by atoms with van der Waals surface area (Å²) >= 11 is 0. The summed E-state index contributed by atoms with van der Waals surface area (Å²) in [5.41, 5.74) is 0. The summed E-state index contributed by atoms with van der Waals surface area (Å²) in [6.07, 6.45) is -0.121. The summed E-state index contributed by atoms with van der Waals surface area (Å²) in [4.78, 5) is 21.0. The van der Waals surface area contributed by atoms with Crippen molar-refractivity contribution >= 4 is 11.8 Å². The molecule has 0 bridgehead atoms. The van der Waals surface area contributed by atoms with Crippen LogP contribution in [0.25, 0.3) is 0 Å². The van der Waals surface area contributed by atoms with E-state index in [2.05, 4.69) is 10.1 Å². The fourth-order valence-corrected chi connectivity index (χ4v) is 0.521. The third kappa shape index (κ3) is 6.99. The van der Waals surface area contributed by atoms with Gasteiger partial charge in [-0.25, -0.2) is 0 Å². The fourth-order valence-electron chi connectivity index (χ4n) is 0.521. The number of nitrogens with one attached hydrogen (secondary N) is 1. The number of carbonyl (C=O) groups excluding carboxylic acids is 2. The van der Waals surface area contributed by atoms with Gasteiger partial charge in [-0.1, -0.05) is 0 Å². The van der Waals surface area contributed by atoms with E-state index in [1.807, 2.05) is 0 Å². The second-order valence-electron chi connectivity index (χ2n) is 2.20. The average molecular weight is 159 g/mol. The minimum atomic E-state index is -0.451. The number of hydrogen-bond donors (Lipinski definition) is 1. The predicted molar refractivity (Wildman–Crippen MR) is 40.2 cm³/mol. The van der Waals surface area contributed by atoms with Gasteiger partial charge in [-0.15, -0.1) is 0 Å². The Hall–Kier alpha value is -0.900. The number of ether oxygens (including phenoxy) is 1. The molecule has 0 radical (unpaired) electrons. The van der Waals surface area contributed by atoms with Crippen molar-refractivity contribution in [2.24, 2.45) is 0 Å². The highest BCUT2D eigenvalue weighted by Gasteiger charge is 2.04. The van der Waals surface area contributed by atoms with Gasteiger partial charge in [-0.05, 0) is 14.0 Å². The van der Waals surface area contributed by atoms with E-state index in [9.17, 15) is 9.59 Å². The largest absolute Gasteiger partial charge is 0.464 e. The van der Waals surface area contributed by atoms with E-state index < -0.39 is 5.97 Å². The molecule has 0 saturated carbocycles. The monoisotopic (exact) mass is 159 g/mol. The summed E-state index contributed by atoms with van der Waals surface area (Å²) in [7, 11) is 1.76. The lowest BCUT2D eigenvalue weighted by atomic mass is 10.3. The topological polar surface area (TPSA) is 55.4 Å². The highest BCUT2D eigenvalue weighted by Crippen LogP contribution is 1.86. The van der Waals surface area contributed by atoms with Gasteiger partial charge in [0.05, 0.1) is 0 Å². The van der Waals surface area contributed by atoms with Gasteiger partial charge in [0.2, 0.25) is 0 Å². The van der Waals surface area contributed by atoms with E-state index in [-0.39, 0.29) is 12.2 Å². The van der Waals surface area contributed by atoms with Gasteiger partial charge in [-0.2, -0.15) is 0 Å². The summed E-state index contributed by atoms with van der Waals surface area (Å²) in [5.74, 6) is -0.618. The van der Waals surface area contributed by atoms with Crippen LogP contribution >= 0.6 is 0 Å². The Kier molecular flexibility index (Phi) is 5.37.